The van der Waals surface area contributed by atoms with Crippen LogP contribution in [0.3, 0.4) is 0 Å². The lowest BCUT2D eigenvalue weighted by molar-refractivity contribution is 0.252. The van der Waals surface area contributed by atoms with Crippen molar-refractivity contribution in [2.75, 3.05) is 133 Å². The minimum atomic E-state index is 0. The average molecular weight is 1020 g/mol. The lowest BCUT2D eigenvalue weighted by Gasteiger charge is -2.35. The Balaban J connectivity index is 0.000000245. The largest absolute Gasteiger partial charge is 0.495 e. The molecule has 382 valence electrons. The highest BCUT2D eigenvalue weighted by Crippen LogP contribution is 2.31. The predicted octanol–water partition coefficient (Wildman–Crippen LogP) is 8.05. The number of aliphatic hydroxyl groups is 1. The van der Waals surface area contributed by atoms with Crippen LogP contribution in [-0.4, -0.2) is 169 Å². The van der Waals surface area contributed by atoms with Gasteiger partial charge in [0, 0.05) is 70.8 Å². The molecule has 0 radical (unpaired) electrons. The van der Waals surface area contributed by atoms with Crippen LogP contribution in [-0.2, 0) is 0 Å². The number of nitrogens with one attached hydrogen (secondary N) is 4. The smallest absolute Gasteiger partial charge is 0.244 e. The highest BCUT2D eigenvalue weighted by Gasteiger charge is 2.26. The number of likely N-dealkylation sites (tertiary alicyclic amines) is 2. The van der Waals surface area contributed by atoms with Crippen molar-refractivity contribution in [2.24, 2.45) is 0 Å². The molecule has 0 unspecified atom stereocenters. The van der Waals surface area contributed by atoms with Crippen LogP contribution in [0.1, 0.15) is 77.0 Å². The van der Waals surface area contributed by atoms with Gasteiger partial charge in [0.25, 0.3) is 0 Å². The van der Waals surface area contributed by atoms with Gasteiger partial charge in [-0.25, -0.2) is 10.0 Å². The van der Waals surface area contributed by atoms with Gasteiger partial charge in [-0.2, -0.15) is 29.9 Å². The number of methoxy groups -OCH3 is 2. The molecule has 8 rings (SSSR count). The number of aliphatic hydroxyl groups excluding tert-OH is 1. The summed E-state index contributed by atoms with van der Waals surface area (Å²) < 4.78 is 10.5. The molecule has 2 aromatic carbocycles. The number of halogens is 3. The highest BCUT2D eigenvalue weighted by molar-refractivity contribution is 6.32. The second kappa shape index (κ2) is 28.4. The van der Waals surface area contributed by atoms with Crippen LogP contribution in [0, 0.1) is 0 Å². The van der Waals surface area contributed by atoms with Crippen LogP contribution >= 0.6 is 35.6 Å². The maximum absolute atomic E-state index is 7.00. The molecule has 0 atom stereocenters. The summed E-state index contributed by atoms with van der Waals surface area (Å²) in [6.45, 7) is 8.27. The van der Waals surface area contributed by atoms with E-state index in [0.717, 1.165) is 96.5 Å². The lowest BCUT2D eigenvalue weighted by atomic mass is 10.0. The maximum Gasteiger partial charge on any atom is 0.244 e. The molecule has 0 amide bonds. The Kier molecular flexibility index (Phi) is 22.8. The van der Waals surface area contributed by atoms with Crippen molar-refractivity contribution in [1.82, 2.24) is 49.7 Å². The Morgan fingerprint density at radius 3 is 1.17 bits per heavy atom. The SMILES string of the molecule is CO.COc1ccc(Nc2nc(NN3CCCCCC3)nc(N(C)C3CCN(C)CC3)n2)cc1Cl.COc1ccc(Nc2nc(NN3CCCCCC3)nc(N(C)C3CCN(C)CC3)n2)cc1Cl.Cl. The molecule has 4 aliphatic rings. The van der Waals surface area contributed by atoms with Gasteiger partial charge in [0.2, 0.25) is 35.7 Å². The molecule has 0 spiro atoms. The number of hydrazine groups is 2. The molecule has 6 heterocycles. The van der Waals surface area contributed by atoms with Crippen LogP contribution in [0.2, 0.25) is 10.0 Å². The number of benzene rings is 2. The zero-order valence-electron chi connectivity index (χ0n) is 41.6. The van der Waals surface area contributed by atoms with Gasteiger partial charge in [-0.15, -0.1) is 12.4 Å². The fourth-order valence-electron chi connectivity index (χ4n) is 8.74. The summed E-state index contributed by atoms with van der Waals surface area (Å²) in [5.41, 5.74) is 8.45. The number of aromatic nitrogens is 6. The van der Waals surface area contributed by atoms with Gasteiger partial charge in [0.15, 0.2) is 0 Å². The third-order valence-electron chi connectivity index (χ3n) is 12.9. The zero-order chi connectivity index (χ0) is 48.4. The molecular formula is C47H75Cl3N16O3. The van der Waals surface area contributed by atoms with E-state index in [4.69, 9.17) is 57.7 Å². The van der Waals surface area contributed by atoms with Crippen molar-refractivity contribution in [2.45, 2.75) is 89.1 Å². The molecule has 4 aliphatic heterocycles. The fourth-order valence-corrected chi connectivity index (χ4v) is 9.26. The Hall–Kier alpha value is -4.47. The molecule has 0 bridgehead atoms. The summed E-state index contributed by atoms with van der Waals surface area (Å²) in [5, 5.41) is 19.1. The third-order valence-corrected chi connectivity index (χ3v) is 13.5. The van der Waals surface area contributed by atoms with Gasteiger partial charge in [0.05, 0.1) is 24.3 Å². The normalized spacial score (nSPS) is 17.8. The molecule has 69 heavy (non-hydrogen) atoms. The van der Waals surface area contributed by atoms with Gasteiger partial charge < -0.3 is 44.8 Å². The van der Waals surface area contributed by atoms with E-state index >= 15 is 0 Å². The van der Waals surface area contributed by atoms with Crippen molar-refractivity contribution in [1.29, 1.82) is 0 Å². The molecule has 2 aromatic heterocycles. The number of anilines is 8. The molecule has 4 aromatic rings. The van der Waals surface area contributed by atoms with Gasteiger partial charge in [0.1, 0.15) is 11.5 Å². The number of hydrogen-bond acceptors (Lipinski definition) is 19. The first-order valence-corrected chi connectivity index (χ1v) is 24.8. The number of piperidine rings is 2. The Bertz CT molecular complexity index is 1990. The predicted molar refractivity (Wildman–Crippen MR) is 283 cm³/mol. The first-order valence-electron chi connectivity index (χ1n) is 24.1. The number of nitrogens with zero attached hydrogens (tertiary/aromatic N) is 12. The summed E-state index contributed by atoms with van der Waals surface area (Å²) in [7, 11) is 12.7. The monoisotopic (exact) mass is 1020 g/mol. The minimum absolute atomic E-state index is 0. The highest BCUT2D eigenvalue weighted by atomic mass is 35.5. The van der Waals surface area contributed by atoms with E-state index in [0.29, 0.717) is 69.3 Å². The molecule has 22 heteroatoms. The first-order chi connectivity index (χ1) is 33.0. The molecule has 19 nitrogen and oxygen atoms in total. The van der Waals surface area contributed by atoms with E-state index in [2.05, 4.69) is 89.3 Å². The maximum atomic E-state index is 7.00. The second-order valence-electron chi connectivity index (χ2n) is 17.8. The lowest BCUT2D eigenvalue weighted by Crippen LogP contribution is -2.42. The molecule has 0 aliphatic carbocycles. The molecule has 5 N–H and O–H groups in total. The zero-order valence-corrected chi connectivity index (χ0v) is 43.9. The Labute approximate surface area is 425 Å². The summed E-state index contributed by atoms with van der Waals surface area (Å²) >= 11 is 12.6. The van der Waals surface area contributed by atoms with Crippen LogP contribution in [0.15, 0.2) is 36.4 Å². The van der Waals surface area contributed by atoms with Crippen LogP contribution in [0.5, 0.6) is 11.5 Å². The minimum Gasteiger partial charge on any atom is -0.495 e. The second-order valence-corrected chi connectivity index (χ2v) is 18.6. The van der Waals surface area contributed by atoms with Gasteiger partial charge >= 0.3 is 0 Å². The van der Waals surface area contributed by atoms with Crippen LogP contribution in [0.4, 0.5) is 47.1 Å². The van der Waals surface area contributed by atoms with E-state index in [9.17, 15) is 0 Å². The third kappa shape index (κ3) is 16.8. The number of rotatable bonds is 14. The van der Waals surface area contributed by atoms with Crippen LogP contribution in [0.25, 0.3) is 0 Å². The number of hydrogen-bond donors (Lipinski definition) is 5. The van der Waals surface area contributed by atoms with Crippen molar-refractivity contribution in [3.05, 3.63) is 46.4 Å². The van der Waals surface area contributed by atoms with Crippen molar-refractivity contribution in [3.63, 3.8) is 0 Å². The van der Waals surface area contributed by atoms with E-state index in [1.54, 1.807) is 14.2 Å². The van der Waals surface area contributed by atoms with Crippen molar-refractivity contribution < 1.29 is 14.6 Å². The average Bonchev–Trinajstić information content (AvgIpc) is 3.78. The van der Waals surface area contributed by atoms with Crippen LogP contribution < -0.4 is 40.8 Å². The Morgan fingerprint density at radius 1 is 0.522 bits per heavy atom. The van der Waals surface area contributed by atoms with E-state index in [-0.39, 0.29) is 12.4 Å². The summed E-state index contributed by atoms with van der Waals surface area (Å²) in [4.78, 5) is 37.5. The molecule has 0 saturated carbocycles. The molecule has 4 saturated heterocycles. The summed E-state index contributed by atoms with van der Waals surface area (Å²) in [6, 6.07) is 11.9. The van der Waals surface area contributed by atoms with Gasteiger partial charge in [-0.3, -0.25) is 10.9 Å². The topological polar surface area (TPSA) is 184 Å². The molecule has 4 fully saturated rings. The summed E-state index contributed by atoms with van der Waals surface area (Å²) in [5.74, 6) is 4.68. The van der Waals surface area contributed by atoms with Crippen molar-refractivity contribution >= 4 is 82.7 Å². The first kappa shape index (κ1) is 55.5. The van der Waals surface area contributed by atoms with Gasteiger partial charge in [-0.1, -0.05) is 48.9 Å². The quantitative estimate of drug-likeness (QED) is 0.0817. The van der Waals surface area contributed by atoms with Gasteiger partial charge in [-0.05, 0) is 128 Å². The van der Waals surface area contributed by atoms with Crippen molar-refractivity contribution in [3.8, 4) is 11.5 Å². The summed E-state index contributed by atoms with van der Waals surface area (Å²) in [6.07, 6.45) is 14.1. The van der Waals surface area contributed by atoms with E-state index in [1.807, 2.05) is 36.4 Å². The number of ether oxygens (including phenoxy) is 2. The fraction of sp³-hybridized carbons (Fsp3) is 0.617. The standard InChI is InChI=1S/2C23H35ClN8O.CH4O.ClH/c2*1-30-14-10-18(11-15-30)31(2)23-27-21(25-17-8-9-20(33-3)19(24)16-17)26-22(28-23)29-32-12-6-4-5-7-13-32;1-2;/h2*8-9,16,18H,4-7,10-15H2,1-3H3,(H2,25,26,27,28,29);2H,1H3;1H. The molecular weight excluding hydrogens is 943 g/mol. The van der Waals surface area contributed by atoms with E-state index < -0.39 is 0 Å². The Morgan fingerprint density at radius 2 is 0.855 bits per heavy atom. The van der Waals surface area contributed by atoms with E-state index in [1.165, 1.54) is 51.4 Å².